The van der Waals surface area contributed by atoms with Gasteiger partial charge in [-0.2, -0.15) is 0 Å². The van der Waals surface area contributed by atoms with Crippen LogP contribution in [0.25, 0.3) is 0 Å². The minimum Gasteiger partial charge on any atom is -0.379 e. The minimum atomic E-state index is -0.0276. The second kappa shape index (κ2) is 29.2. The van der Waals surface area contributed by atoms with Crippen LogP contribution in [-0.2, 0) is 58.8 Å². The van der Waals surface area contributed by atoms with Gasteiger partial charge in [0.1, 0.15) is 13.2 Å². The van der Waals surface area contributed by atoms with E-state index in [1.807, 2.05) is 13.1 Å². The molecular formula is C28H51N3O11. The molecule has 0 radical (unpaired) electrons. The Morgan fingerprint density at radius 3 is 1.40 bits per heavy atom. The van der Waals surface area contributed by atoms with E-state index in [1.54, 1.807) is 11.6 Å². The number of rotatable bonds is 33. The van der Waals surface area contributed by atoms with Crippen molar-refractivity contribution in [3.8, 4) is 0 Å². The summed E-state index contributed by atoms with van der Waals surface area (Å²) in [6.07, 6.45) is 3.29. The van der Waals surface area contributed by atoms with Crippen molar-refractivity contribution < 1.29 is 52.2 Å². The fourth-order valence-electron chi connectivity index (χ4n) is 3.13. The van der Waals surface area contributed by atoms with Crippen molar-refractivity contribution in [3.63, 3.8) is 0 Å². The highest BCUT2D eigenvalue weighted by Gasteiger charge is 2.04. The van der Waals surface area contributed by atoms with E-state index in [0.29, 0.717) is 132 Å². The maximum absolute atomic E-state index is 11.6. The summed E-state index contributed by atoms with van der Waals surface area (Å²) in [5.41, 5.74) is 0.893. The van der Waals surface area contributed by atoms with Crippen molar-refractivity contribution in [3.05, 3.63) is 11.9 Å². The van der Waals surface area contributed by atoms with E-state index < -0.39 is 0 Å². The average Bonchev–Trinajstić information content (AvgIpc) is 3.41. The molecule has 1 aromatic heterocycles. The molecule has 0 amide bonds. The van der Waals surface area contributed by atoms with E-state index in [9.17, 15) is 9.59 Å². The molecule has 0 saturated heterocycles. The van der Waals surface area contributed by atoms with Gasteiger partial charge in [0.15, 0.2) is 11.6 Å². The van der Waals surface area contributed by atoms with Gasteiger partial charge >= 0.3 is 0 Å². The molecule has 0 aliphatic rings. The molecule has 14 heteroatoms. The minimum absolute atomic E-state index is 0.00236. The molecule has 1 rings (SSSR count). The fourth-order valence-corrected chi connectivity index (χ4v) is 3.13. The summed E-state index contributed by atoms with van der Waals surface area (Å²) in [6, 6.07) is 0. The predicted octanol–water partition coefficient (Wildman–Crippen LogP) is 1.06. The quantitative estimate of drug-likeness (QED) is 0.105. The largest absolute Gasteiger partial charge is 0.379 e. The number of nitrogens with zero attached hydrogens (tertiary/aromatic N) is 3. The van der Waals surface area contributed by atoms with Gasteiger partial charge in [0.2, 0.25) is 0 Å². The molecule has 0 aliphatic carbocycles. The third-order valence-corrected chi connectivity index (χ3v) is 5.39. The van der Waals surface area contributed by atoms with Crippen molar-refractivity contribution in [1.29, 1.82) is 0 Å². The Morgan fingerprint density at radius 1 is 0.595 bits per heavy atom. The molecule has 0 atom stereocenters. The SMILES string of the molecule is CCC(=O)COCC(=O)CCCOCCOCCOCCOCCOCCOCCOCCOCCn1cc(C)nn1. The van der Waals surface area contributed by atoms with Gasteiger partial charge in [-0.25, -0.2) is 4.68 Å². The third kappa shape index (κ3) is 25.8. The molecule has 14 nitrogen and oxygen atoms in total. The van der Waals surface area contributed by atoms with E-state index in [4.69, 9.17) is 42.6 Å². The normalized spacial score (nSPS) is 11.4. The summed E-state index contributed by atoms with van der Waals surface area (Å²) in [5, 5.41) is 7.88. The third-order valence-electron chi connectivity index (χ3n) is 5.39. The highest BCUT2D eigenvalue weighted by atomic mass is 16.6. The Bertz CT molecular complexity index is 767. The number of carbonyl (C=O) groups is 2. The number of Topliss-reactive ketones (excluding diaryl/α,β-unsaturated/α-hetero) is 2. The van der Waals surface area contributed by atoms with Crippen LogP contribution < -0.4 is 0 Å². The Labute approximate surface area is 249 Å². The lowest BCUT2D eigenvalue weighted by atomic mass is 10.2. The zero-order valence-corrected chi connectivity index (χ0v) is 25.5. The first-order valence-electron chi connectivity index (χ1n) is 14.7. The second-order valence-corrected chi connectivity index (χ2v) is 9.05. The van der Waals surface area contributed by atoms with Gasteiger partial charge in [0.05, 0.1) is 111 Å². The van der Waals surface area contributed by atoms with Gasteiger partial charge in [-0.15, -0.1) is 5.10 Å². The number of aromatic nitrogens is 3. The maximum Gasteiger partial charge on any atom is 0.158 e. The molecule has 0 spiro atoms. The van der Waals surface area contributed by atoms with E-state index in [-0.39, 0.29) is 24.8 Å². The number of aryl methyl sites for hydroxylation is 1. The zero-order chi connectivity index (χ0) is 30.4. The second-order valence-electron chi connectivity index (χ2n) is 9.05. The molecule has 244 valence electrons. The van der Waals surface area contributed by atoms with Crippen LogP contribution in [0.2, 0.25) is 0 Å². The number of carbonyl (C=O) groups excluding carboxylic acids is 2. The monoisotopic (exact) mass is 605 g/mol. The summed E-state index contributed by atoms with van der Waals surface area (Å²) in [4.78, 5) is 22.7. The van der Waals surface area contributed by atoms with Crippen LogP contribution in [0, 0.1) is 6.92 Å². The zero-order valence-electron chi connectivity index (χ0n) is 25.5. The number of hydrogen-bond acceptors (Lipinski definition) is 13. The molecule has 42 heavy (non-hydrogen) atoms. The van der Waals surface area contributed by atoms with Crippen molar-refractivity contribution in [2.75, 3.05) is 119 Å². The summed E-state index contributed by atoms with van der Waals surface area (Å²) in [5.74, 6) is -0.0340. The fraction of sp³-hybridized carbons (Fsp3) is 0.857. The number of ether oxygens (including phenoxy) is 9. The van der Waals surface area contributed by atoms with E-state index in [2.05, 4.69) is 10.3 Å². The van der Waals surface area contributed by atoms with Gasteiger partial charge in [-0.05, 0) is 13.3 Å². The average molecular weight is 606 g/mol. The van der Waals surface area contributed by atoms with Crippen LogP contribution in [0.15, 0.2) is 6.20 Å². The Morgan fingerprint density at radius 2 is 1.00 bits per heavy atom. The Hall–Kier alpha value is -1.88. The van der Waals surface area contributed by atoms with Crippen molar-refractivity contribution in [2.45, 2.75) is 39.7 Å². The predicted molar refractivity (Wildman–Crippen MR) is 152 cm³/mol. The summed E-state index contributed by atoms with van der Waals surface area (Å²) in [7, 11) is 0. The smallest absolute Gasteiger partial charge is 0.158 e. The van der Waals surface area contributed by atoms with Gasteiger partial charge in [-0.3, -0.25) is 9.59 Å². The summed E-state index contributed by atoms with van der Waals surface area (Å²) >= 11 is 0. The lowest BCUT2D eigenvalue weighted by Crippen LogP contribution is -2.15. The highest BCUT2D eigenvalue weighted by molar-refractivity contribution is 5.81. The van der Waals surface area contributed by atoms with Crippen LogP contribution in [0.1, 0.15) is 31.9 Å². The summed E-state index contributed by atoms with van der Waals surface area (Å²) in [6.45, 7) is 12.3. The van der Waals surface area contributed by atoms with Gasteiger partial charge in [0, 0.05) is 25.6 Å². The molecule has 0 unspecified atom stereocenters. The first kappa shape index (κ1) is 38.1. The molecule has 1 aromatic rings. The maximum atomic E-state index is 11.6. The highest BCUT2D eigenvalue weighted by Crippen LogP contribution is 1.95. The Kier molecular flexibility index (Phi) is 26.5. The molecule has 0 saturated carbocycles. The van der Waals surface area contributed by atoms with Gasteiger partial charge < -0.3 is 42.6 Å². The lowest BCUT2D eigenvalue weighted by molar-refractivity contribution is -0.128. The molecule has 0 fully saturated rings. The molecule has 0 bridgehead atoms. The topological polar surface area (TPSA) is 148 Å². The van der Waals surface area contributed by atoms with Crippen LogP contribution in [0.4, 0.5) is 0 Å². The van der Waals surface area contributed by atoms with Crippen LogP contribution in [0.3, 0.4) is 0 Å². The standard InChI is InChI=1S/C28H51N3O11/c1-3-27(32)24-42-25-28(33)5-4-7-34-9-11-36-13-15-38-17-19-40-21-22-41-20-18-39-16-14-37-12-10-35-8-6-31-23-26(2)29-30-31/h23H,3-22,24-25H2,1-2H3. The molecule has 0 N–H and O–H groups in total. The van der Waals surface area contributed by atoms with Crippen molar-refractivity contribution >= 4 is 11.6 Å². The number of ketones is 2. The Balaban J connectivity index is 1.65. The van der Waals surface area contributed by atoms with E-state index in [1.165, 1.54) is 0 Å². The van der Waals surface area contributed by atoms with E-state index >= 15 is 0 Å². The number of hydrogen-bond donors (Lipinski definition) is 0. The molecule has 0 aromatic carbocycles. The first-order chi connectivity index (χ1) is 20.6. The molecular weight excluding hydrogens is 554 g/mol. The summed E-state index contributed by atoms with van der Waals surface area (Å²) < 4.78 is 50.5. The van der Waals surface area contributed by atoms with Crippen LogP contribution in [-0.4, -0.2) is 145 Å². The van der Waals surface area contributed by atoms with Gasteiger partial charge in [0.25, 0.3) is 0 Å². The van der Waals surface area contributed by atoms with Crippen molar-refractivity contribution in [2.24, 2.45) is 0 Å². The first-order valence-corrected chi connectivity index (χ1v) is 14.7. The van der Waals surface area contributed by atoms with E-state index in [0.717, 1.165) is 5.69 Å². The molecule has 1 heterocycles. The molecule has 0 aliphatic heterocycles. The van der Waals surface area contributed by atoms with Crippen LogP contribution >= 0.6 is 0 Å². The van der Waals surface area contributed by atoms with Crippen LogP contribution in [0.5, 0.6) is 0 Å². The van der Waals surface area contributed by atoms with Gasteiger partial charge in [-0.1, -0.05) is 12.1 Å². The van der Waals surface area contributed by atoms with Crippen molar-refractivity contribution in [1.82, 2.24) is 15.0 Å². The lowest BCUT2D eigenvalue weighted by Gasteiger charge is -2.09.